The summed E-state index contributed by atoms with van der Waals surface area (Å²) in [5, 5.41) is 2.81. The van der Waals surface area contributed by atoms with Crippen LogP contribution in [0.15, 0.2) is 36.4 Å². The predicted molar refractivity (Wildman–Crippen MR) is 102 cm³/mol. The van der Waals surface area contributed by atoms with Crippen molar-refractivity contribution in [3.63, 3.8) is 0 Å². The van der Waals surface area contributed by atoms with E-state index < -0.39 is 18.5 Å². The normalized spacial score (nSPS) is 12.6. The maximum absolute atomic E-state index is 12.3. The van der Waals surface area contributed by atoms with E-state index in [0.29, 0.717) is 42.4 Å². The van der Waals surface area contributed by atoms with E-state index in [1.54, 1.807) is 24.3 Å². The van der Waals surface area contributed by atoms with Crippen LogP contribution in [0.5, 0.6) is 11.5 Å². The van der Waals surface area contributed by atoms with Gasteiger partial charge in [-0.1, -0.05) is 23.7 Å². The first kappa shape index (κ1) is 19.7. The molecule has 3 rings (SSSR count). The van der Waals surface area contributed by atoms with Crippen molar-refractivity contribution in [2.45, 2.75) is 13.3 Å². The number of hydrogen-bond donors (Lipinski definition) is 1. The van der Waals surface area contributed by atoms with Crippen molar-refractivity contribution < 1.29 is 28.6 Å². The second-order valence-electron chi connectivity index (χ2n) is 6.10. The number of ether oxygens (including phenoxy) is 3. The average molecular weight is 404 g/mol. The lowest BCUT2D eigenvalue weighted by Crippen LogP contribution is -2.21. The topological polar surface area (TPSA) is 90.9 Å². The zero-order valence-corrected chi connectivity index (χ0v) is 15.9. The molecule has 28 heavy (non-hydrogen) atoms. The number of Topliss-reactive ketones (excluding diaryl/α,β-unsaturated/α-hetero) is 1. The zero-order valence-electron chi connectivity index (χ0n) is 15.1. The summed E-state index contributed by atoms with van der Waals surface area (Å²) in [5.41, 5.74) is 1.06. The SMILES string of the molecule is CC(=O)c1cccc(NC(=O)COC(=O)c2cc(Cl)c3c(c2)OCCCO3)c1. The van der Waals surface area contributed by atoms with E-state index in [9.17, 15) is 14.4 Å². The highest BCUT2D eigenvalue weighted by Gasteiger charge is 2.20. The van der Waals surface area contributed by atoms with Crippen LogP contribution in [0.2, 0.25) is 5.02 Å². The van der Waals surface area contributed by atoms with Gasteiger partial charge < -0.3 is 19.5 Å². The van der Waals surface area contributed by atoms with Crippen molar-refractivity contribution in [2.24, 2.45) is 0 Å². The highest BCUT2D eigenvalue weighted by atomic mass is 35.5. The molecule has 1 N–H and O–H groups in total. The molecule has 0 spiro atoms. The third kappa shape index (κ3) is 4.80. The highest BCUT2D eigenvalue weighted by molar-refractivity contribution is 6.32. The summed E-state index contributed by atoms with van der Waals surface area (Å²) in [6.45, 7) is 1.86. The molecule has 0 saturated carbocycles. The molecule has 2 aromatic carbocycles. The van der Waals surface area contributed by atoms with Crippen molar-refractivity contribution in [2.75, 3.05) is 25.1 Å². The lowest BCUT2D eigenvalue weighted by molar-refractivity contribution is -0.119. The van der Waals surface area contributed by atoms with Crippen LogP contribution in [0, 0.1) is 0 Å². The van der Waals surface area contributed by atoms with Gasteiger partial charge in [-0.3, -0.25) is 9.59 Å². The van der Waals surface area contributed by atoms with E-state index in [4.69, 9.17) is 25.8 Å². The van der Waals surface area contributed by atoms with Crippen LogP contribution in [-0.4, -0.2) is 37.5 Å². The second-order valence-corrected chi connectivity index (χ2v) is 6.50. The molecule has 0 atom stereocenters. The number of nitrogens with one attached hydrogen (secondary N) is 1. The van der Waals surface area contributed by atoms with E-state index in [1.807, 2.05) is 0 Å². The van der Waals surface area contributed by atoms with E-state index >= 15 is 0 Å². The largest absolute Gasteiger partial charge is 0.489 e. The van der Waals surface area contributed by atoms with Gasteiger partial charge in [-0.2, -0.15) is 0 Å². The molecule has 146 valence electrons. The number of carbonyl (C=O) groups is 3. The van der Waals surface area contributed by atoms with E-state index in [0.717, 1.165) is 0 Å². The molecule has 1 heterocycles. The number of halogens is 1. The average Bonchev–Trinajstić information content (AvgIpc) is 2.92. The molecule has 1 aliphatic rings. The monoisotopic (exact) mass is 403 g/mol. The summed E-state index contributed by atoms with van der Waals surface area (Å²) >= 11 is 6.15. The van der Waals surface area contributed by atoms with Gasteiger partial charge in [0, 0.05) is 17.7 Å². The van der Waals surface area contributed by atoms with Gasteiger partial charge in [0.15, 0.2) is 23.9 Å². The molecule has 1 aliphatic heterocycles. The fourth-order valence-electron chi connectivity index (χ4n) is 2.58. The summed E-state index contributed by atoms with van der Waals surface area (Å²) < 4.78 is 16.1. The Hall–Kier alpha value is -3.06. The van der Waals surface area contributed by atoms with Gasteiger partial charge in [0.1, 0.15) is 0 Å². The first-order valence-electron chi connectivity index (χ1n) is 8.61. The van der Waals surface area contributed by atoms with Crippen molar-refractivity contribution >= 4 is 34.9 Å². The van der Waals surface area contributed by atoms with Crippen LogP contribution < -0.4 is 14.8 Å². The van der Waals surface area contributed by atoms with Crippen molar-refractivity contribution in [1.82, 2.24) is 0 Å². The van der Waals surface area contributed by atoms with Gasteiger partial charge >= 0.3 is 5.97 Å². The van der Waals surface area contributed by atoms with Gasteiger partial charge in [0.2, 0.25) is 0 Å². The molecule has 0 unspecified atom stereocenters. The Balaban J connectivity index is 1.61. The molecule has 0 aliphatic carbocycles. The first-order chi connectivity index (χ1) is 13.4. The fraction of sp³-hybridized carbons (Fsp3) is 0.250. The van der Waals surface area contributed by atoms with E-state index in [-0.39, 0.29) is 16.4 Å². The Morgan fingerprint density at radius 1 is 1.11 bits per heavy atom. The Bertz CT molecular complexity index is 927. The van der Waals surface area contributed by atoms with Gasteiger partial charge in [0.25, 0.3) is 5.91 Å². The number of rotatable bonds is 5. The van der Waals surface area contributed by atoms with Crippen LogP contribution in [0.1, 0.15) is 34.1 Å². The summed E-state index contributed by atoms with van der Waals surface area (Å²) in [5.74, 6) is -0.616. The predicted octanol–water partition coefficient (Wildman–Crippen LogP) is 3.50. The molecule has 0 saturated heterocycles. The van der Waals surface area contributed by atoms with Crippen molar-refractivity contribution in [3.05, 3.63) is 52.5 Å². The molecule has 8 heteroatoms. The maximum Gasteiger partial charge on any atom is 0.338 e. The third-order valence-corrected chi connectivity index (χ3v) is 4.21. The van der Waals surface area contributed by atoms with Crippen LogP contribution in [-0.2, 0) is 9.53 Å². The van der Waals surface area contributed by atoms with E-state index in [1.165, 1.54) is 19.1 Å². The minimum Gasteiger partial charge on any atom is -0.489 e. The number of esters is 1. The number of anilines is 1. The highest BCUT2D eigenvalue weighted by Crippen LogP contribution is 2.38. The molecule has 1 amide bonds. The second kappa shape index (κ2) is 8.75. The zero-order chi connectivity index (χ0) is 20.1. The van der Waals surface area contributed by atoms with E-state index in [2.05, 4.69) is 5.32 Å². The van der Waals surface area contributed by atoms with Gasteiger partial charge in [0.05, 0.1) is 23.8 Å². The molecule has 0 aromatic heterocycles. The quantitative estimate of drug-likeness (QED) is 0.607. The number of carbonyl (C=O) groups excluding carboxylic acids is 3. The van der Waals surface area contributed by atoms with Gasteiger partial charge in [-0.05, 0) is 31.2 Å². The molecule has 0 bridgehead atoms. The van der Waals surface area contributed by atoms with Crippen LogP contribution in [0.3, 0.4) is 0 Å². The smallest absolute Gasteiger partial charge is 0.338 e. The minimum absolute atomic E-state index is 0.117. The Morgan fingerprint density at radius 3 is 2.68 bits per heavy atom. The number of ketones is 1. The summed E-state index contributed by atoms with van der Waals surface area (Å²) in [6, 6.07) is 9.36. The van der Waals surface area contributed by atoms with Crippen molar-refractivity contribution in [1.29, 1.82) is 0 Å². The molecule has 7 nitrogen and oxygen atoms in total. The summed E-state index contributed by atoms with van der Waals surface area (Å²) in [7, 11) is 0. The Morgan fingerprint density at radius 2 is 1.89 bits per heavy atom. The standard InChI is InChI=1S/C20H18ClNO6/c1-12(23)13-4-2-5-15(8-13)22-18(24)11-28-20(25)14-9-16(21)19-17(10-14)26-6-3-7-27-19/h2,4-5,8-10H,3,6-7,11H2,1H3,(H,22,24). The Labute approximate surface area is 166 Å². The van der Waals surface area contributed by atoms with Crippen LogP contribution in [0.4, 0.5) is 5.69 Å². The van der Waals surface area contributed by atoms with Crippen LogP contribution in [0.25, 0.3) is 0 Å². The van der Waals surface area contributed by atoms with Crippen molar-refractivity contribution in [3.8, 4) is 11.5 Å². The van der Waals surface area contributed by atoms with Gasteiger partial charge in [-0.15, -0.1) is 0 Å². The molecular weight excluding hydrogens is 386 g/mol. The lowest BCUT2D eigenvalue weighted by Gasteiger charge is -2.11. The van der Waals surface area contributed by atoms with Gasteiger partial charge in [-0.25, -0.2) is 4.79 Å². The molecule has 0 fully saturated rings. The minimum atomic E-state index is -0.717. The maximum atomic E-state index is 12.3. The molecule has 2 aromatic rings. The molecular formula is C20H18ClNO6. The summed E-state index contributed by atoms with van der Waals surface area (Å²) in [4.78, 5) is 35.7. The third-order valence-electron chi connectivity index (χ3n) is 3.93. The Kier molecular flexibility index (Phi) is 6.16. The molecule has 0 radical (unpaired) electrons. The summed E-state index contributed by atoms with van der Waals surface area (Å²) in [6.07, 6.45) is 0.704. The fourth-order valence-corrected chi connectivity index (χ4v) is 2.84. The number of fused-ring (bicyclic) bond motifs is 1. The number of hydrogen-bond acceptors (Lipinski definition) is 6. The number of amides is 1. The van der Waals surface area contributed by atoms with Crippen LogP contribution >= 0.6 is 11.6 Å². The number of benzene rings is 2. The first-order valence-corrected chi connectivity index (χ1v) is 8.99. The lowest BCUT2D eigenvalue weighted by atomic mass is 10.1.